The van der Waals surface area contributed by atoms with Gasteiger partial charge in [0.25, 0.3) is 0 Å². The molecule has 1 fully saturated rings. The molecule has 2 nitrogen and oxygen atoms in total. The van der Waals surface area contributed by atoms with Crippen LogP contribution in [-0.4, -0.2) is 12.6 Å². The average Bonchev–Trinajstić information content (AvgIpc) is 3.37. The number of hydrogen-bond donors (Lipinski definition) is 0. The van der Waals surface area contributed by atoms with E-state index in [0.717, 1.165) is 18.8 Å². The van der Waals surface area contributed by atoms with Crippen molar-refractivity contribution >= 4 is 5.97 Å². The van der Waals surface area contributed by atoms with Gasteiger partial charge in [-0.3, -0.25) is 4.79 Å². The van der Waals surface area contributed by atoms with Crippen LogP contribution in [0.1, 0.15) is 116 Å². The van der Waals surface area contributed by atoms with Crippen molar-refractivity contribution in [1.82, 2.24) is 0 Å². The highest BCUT2D eigenvalue weighted by atomic mass is 16.5. The maximum Gasteiger partial charge on any atom is 0.305 e. The van der Waals surface area contributed by atoms with E-state index in [9.17, 15) is 4.79 Å². The molecule has 1 rings (SSSR count). The lowest BCUT2D eigenvalue weighted by Gasteiger charge is -2.05. The van der Waals surface area contributed by atoms with E-state index >= 15 is 0 Å². The lowest BCUT2D eigenvalue weighted by atomic mass is 10.1. The molecule has 0 aromatic carbocycles. The Morgan fingerprint density at radius 1 is 0.783 bits per heavy atom. The molecule has 1 saturated carbocycles. The molecule has 0 saturated heterocycles. The first-order chi connectivity index (χ1) is 11.3. The Morgan fingerprint density at radius 3 is 2.00 bits per heavy atom. The fourth-order valence-electron chi connectivity index (χ4n) is 3.13. The summed E-state index contributed by atoms with van der Waals surface area (Å²) in [6.07, 6.45) is 21.6. The van der Waals surface area contributed by atoms with Crippen molar-refractivity contribution in [2.45, 2.75) is 116 Å². The zero-order valence-corrected chi connectivity index (χ0v) is 15.6. The molecule has 0 aromatic heterocycles. The quantitative estimate of drug-likeness (QED) is 0.217. The summed E-state index contributed by atoms with van der Waals surface area (Å²) in [6.45, 7) is 2.88. The second-order valence-electron chi connectivity index (χ2n) is 7.45. The molecule has 0 N–H and O–H groups in total. The molecule has 0 heterocycles. The van der Waals surface area contributed by atoms with E-state index < -0.39 is 0 Å². The van der Waals surface area contributed by atoms with Crippen LogP contribution in [0.5, 0.6) is 0 Å². The van der Waals surface area contributed by atoms with Crippen LogP contribution < -0.4 is 0 Å². The fraction of sp³-hybridized carbons (Fsp3) is 0.952. The number of carbonyl (C=O) groups is 1. The fourth-order valence-corrected chi connectivity index (χ4v) is 3.13. The Balaban J connectivity index is 1.70. The smallest absolute Gasteiger partial charge is 0.305 e. The predicted molar refractivity (Wildman–Crippen MR) is 98.6 cm³/mol. The van der Waals surface area contributed by atoms with E-state index in [-0.39, 0.29) is 5.97 Å². The molecule has 0 spiro atoms. The lowest BCUT2D eigenvalue weighted by molar-refractivity contribution is -0.143. The summed E-state index contributed by atoms with van der Waals surface area (Å²) >= 11 is 0. The Labute approximate surface area is 144 Å². The Bertz CT molecular complexity index is 271. The van der Waals surface area contributed by atoms with Crippen LogP contribution in [0.2, 0.25) is 0 Å². The Hall–Kier alpha value is -0.530. The SMILES string of the molecule is CCCCCCCCCOC(=O)CCCCCCCCC1CC1. The second-order valence-corrected chi connectivity index (χ2v) is 7.45. The molecular weight excluding hydrogens is 284 g/mol. The van der Waals surface area contributed by atoms with Gasteiger partial charge in [0, 0.05) is 6.42 Å². The van der Waals surface area contributed by atoms with Gasteiger partial charge in [0.05, 0.1) is 6.61 Å². The van der Waals surface area contributed by atoms with Gasteiger partial charge < -0.3 is 4.74 Å². The van der Waals surface area contributed by atoms with Gasteiger partial charge in [0.1, 0.15) is 0 Å². The standard InChI is InChI=1S/C21H40O2/c1-2-3-4-5-8-11-14-19-23-21(22)16-13-10-7-6-9-12-15-20-17-18-20/h20H,2-19H2,1H3. The van der Waals surface area contributed by atoms with Crippen molar-refractivity contribution in [2.24, 2.45) is 5.92 Å². The van der Waals surface area contributed by atoms with Crippen molar-refractivity contribution in [3.05, 3.63) is 0 Å². The summed E-state index contributed by atoms with van der Waals surface area (Å²) in [5, 5.41) is 0. The summed E-state index contributed by atoms with van der Waals surface area (Å²) in [4.78, 5) is 11.6. The number of esters is 1. The van der Waals surface area contributed by atoms with Crippen LogP contribution in [0.3, 0.4) is 0 Å². The minimum Gasteiger partial charge on any atom is -0.466 e. The number of carbonyl (C=O) groups excluding carboxylic acids is 1. The molecule has 1 aliphatic carbocycles. The molecule has 136 valence electrons. The van der Waals surface area contributed by atoms with Crippen molar-refractivity contribution in [2.75, 3.05) is 6.61 Å². The largest absolute Gasteiger partial charge is 0.466 e. The molecule has 0 amide bonds. The van der Waals surface area contributed by atoms with E-state index in [2.05, 4.69) is 6.92 Å². The summed E-state index contributed by atoms with van der Waals surface area (Å²) in [7, 11) is 0. The molecule has 0 radical (unpaired) electrons. The van der Waals surface area contributed by atoms with Gasteiger partial charge in [-0.25, -0.2) is 0 Å². The first-order valence-corrected chi connectivity index (χ1v) is 10.5. The van der Waals surface area contributed by atoms with E-state index in [1.54, 1.807) is 0 Å². The molecule has 2 heteroatoms. The second kappa shape index (κ2) is 15.0. The molecule has 0 unspecified atom stereocenters. The van der Waals surface area contributed by atoms with Crippen LogP contribution >= 0.6 is 0 Å². The van der Waals surface area contributed by atoms with E-state index in [1.807, 2.05) is 0 Å². The highest BCUT2D eigenvalue weighted by Gasteiger charge is 2.19. The van der Waals surface area contributed by atoms with Crippen LogP contribution in [0.4, 0.5) is 0 Å². The van der Waals surface area contributed by atoms with Crippen LogP contribution in [-0.2, 0) is 9.53 Å². The molecule has 23 heavy (non-hydrogen) atoms. The third-order valence-corrected chi connectivity index (χ3v) is 4.95. The van der Waals surface area contributed by atoms with Gasteiger partial charge in [-0.1, -0.05) is 96.8 Å². The van der Waals surface area contributed by atoms with Crippen LogP contribution in [0, 0.1) is 5.92 Å². The summed E-state index contributed by atoms with van der Waals surface area (Å²) < 4.78 is 5.31. The lowest BCUT2D eigenvalue weighted by Crippen LogP contribution is -2.05. The third kappa shape index (κ3) is 14.8. The van der Waals surface area contributed by atoms with E-state index in [0.29, 0.717) is 13.0 Å². The maximum atomic E-state index is 11.6. The normalized spacial score (nSPS) is 14.1. The van der Waals surface area contributed by atoms with Crippen molar-refractivity contribution < 1.29 is 9.53 Å². The molecule has 0 bridgehead atoms. The third-order valence-electron chi connectivity index (χ3n) is 4.95. The average molecular weight is 325 g/mol. The van der Waals surface area contributed by atoms with Gasteiger partial charge in [0.2, 0.25) is 0 Å². The number of unbranched alkanes of at least 4 members (excludes halogenated alkanes) is 11. The zero-order chi connectivity index (χ0) is 16.6. The van der Waals surface area contributed by atoms with Gasteiger partial charge in [0.15, 0.2) is 0 Å². The first-order valence-electron chi connectivity index (χ1n) is 10.5. The number of hydrogen-bond acceptors (Lipinski definition) is 2. The summed E-state index contributed by atoms with van der Waals surface area (Å²) in [5.41, 5.74) is 0. The molecule has 0 aromatic rings. The van der Waals surface area contributed by atoms with E-state index in [1.165, 1.54) is 89.9 Å². The van der Waals surface area contributed by atoms with Gasteiger partial charge in [-0.15, -0.1) is 0 Å². The van der Waals surface area contributed by atoms with Crippen LogP contribution in [0.25, 0.3) is 0 Å². The topological polar surface area (TPSA) is 26.3 Å². The van der Waals surface area contributed by atoms with Gasteiger partial charge in [-0.05, 0) is 18.8 Å². The van der Waals surface area contributed by atoms with Crippen molar-refractivity contribution in [1.29, 1.82) is 0 Å². The minimum atomic E-state index is 0.0183. The maximum absolute atomic E-state index is 11.6. The minimum absolute atomic E-state index is 0.0183. The molecule has 0 aliphatic heterocycles. The van der Waals surface area contributed by atoms with Crippen LogP contribution in [0.15, 0.2) is 0 Å². The van der Waals surface area contributed by atoms with Crippen molar-refractivity contribution in [3.63, 3.8) is 0 Å². The monoisotopic (exact) mass is 324 g/mol. The van der Waals surface area contributed by atoms with Crippen molar-refractivity contribution in [3.8, 4) is 0 Å². The molecular formula is C21H40O2. The Morgan fingerprint density at radius 2 is 1.35 bits per heavy atom. The molecule has 1 aliphatic rings. The summed E-state index contributed by atoms with van der Waals surface area (Å²) in [5.74, 6) is 1.10. The predicted octanol–water partition coefficient (Wildman–Crippen LogP) is 6.81. The Kier molecular flexibility index (Phi) is 13.4. The summed E-state index contributed by atoms with van der Waals surface area (Å²) in [6, 6.07) is 0. The van der Waals surface area contributed by atoms with Gasteiger partial charge >= 0.3 is 5.97 Å². The highest BCUT2D eigenvalue weighted by molar-refractivity contribution is 5.69. The molecule has 0 atom stereocenters. The number of ether oxygens (including phenoxy) is 1. The highest BCUT2D eigenvalue weighted by Crippen LogP contribution is 2.34. The first kappa shape index (κ1) is 20.5. The van der Waals surface area contributed by atoms with E-state index in [4.69, 9.17) is 4.74 Å². The zero-order valence-electron chi connectivity index (χ0n) is 15.6. The number of rotatable bonds is 17. The van der Waals surface area contributed by atoms with Gasteiger partial charge in [-0.2, -0.15) is 0 Å².